The molecule has 0 spiro atoms. The van der Waals surface area contributed by atoms with Crippen molar-refractivity contribution in [3.8, 4) is 22.3 Å². The molecule has 0 aliphatic carbocycles. The second-order valence-electron chi connectivity index (χ2n) is 12.3. The number of aromatic nitrogens is 2. The third-order valence-electron chi connectivity index (χ3n) is 8.21. The maximum absolute atomic E-state index is 13.6. The number of halogens is 7. The lowest BCUT2D eigenvalue weighted by molar-refractivity contribution is -0.285. The molecular formula is C36H33Br2F5N4O2S2. The van der Waals surface area contributed by atoms with E-state index in [0.717, 1.165) is 55.9 Å². The average molecular weight is 873 g/mol. The van der Waals surface area contributed by atoms with Crippen LogP contribution in [0.1, 0.15) is 42.1 Å². The number of thioether (sulfide) groups is 2. The average Bonchev–Trinajstić information content (AvgIpc) is 3.64. The minimum absolute atomic E-state index is 0.0589. The van der Waals surface area contributed by atoms with Crippen LogP contribution in [0.4, 0.5) is 22.0 Å². The fourth-order valence-electron chi connectivity index (χ4n) is 5.53. The van der Waals surface area contributed by atoms with Crippen molar-refractivity contribution >= 4 is 67.2 Å². The summed E-state index contributed by atoms with van der Waals surface area (Å²) in [4.78, 5) is 35.3. The summed E-state index contributed by atoms with van der Waals surface area (Å²) >= 11 is 9.50. The Morgan fingerprint density at radius 1 is 0.725 bits per heavy atom. The monoisotopic (exact) mass is 870 g/mol. The van der Waals surface area contributed by atoms with E-state index in [1.807, 2.05) is 35.5 Å². The number of hydrogen-bond donors (Lipinski definition) is 0. The van der Waals surface area contributed by atoms with Crippen LogP contribution >= 0.6 is 55.4 Å². The van der Waals surface area contributed by atoms with Crippen LogP contribution in [0.3, 0.4) is 0 Å². The SMILES string of the molecule is CC(C)CCN1C(=O)CSC1c1cnccc1-c1ccc(Br)cc1.O=C1CSC(c2cnccc2-c2ccc(Br)cc2)N1CC(F)(F)C(F)(F)F. The highest BCUT2D eigenvalue weighted by molar-refractivity contribution is 9.10. The molecule has 0 saturated carbocycles. The van der Waals surface area contributed by atoms with Gasteiger partial charge in [-0.3, -0.25) is 19.6 Å². The van der Waals surface area contributed by atoms with Gasteiger partial charge in [-0.15, -0.1) is 23.5 Å². The van der Waals surface area contributed by atoms with Crippen molar-refractivity contribution in [3.63, 3.8) is 0 Å². The van der Waals surface area contributed by atoms with Gasteiger partial charge in [0.25, 0.3) is 0 Å². The first kappa shape index (κ1) is 39.2. The number of nitrogens with zero attached hydrogens (tertiary/aromatic N) is 4. The highest BCUT2D eigenvalue weighted by atomic mass is 79.9. The normalized spacial score (nSPS) is 18.0. The first-order chi connectivity index (χ1) is 24.2. The van der Waals surface area contributed by atoms with Gasteiger partial charge in [0, 0.05) is 51.4 Å². The van der Waals surface area contributed by atoms with Crippen molar-refractivity contribution in [1.82, 2.24) is 19.8 Å². The summed E-state index contributed by atoms with van der Waals surface area (Å²) in [5.41, 5.74) is 5.19. The first-order valence-corrected chi connectivity index (χ1v) is 19.5. The fourth-order valence-corrected chi connectivity index (χ4v) is 8.50. The van der Waals surface area contributed by atoms with Gasteiger partial charge in [0.05, 0.1) is 18.1 Å². The molecule has 270 valence electrons. The smallest absolute Gasteiger partial charge is 0.326 e. The molecular weight excluding hydrogens is 839 g/mol. The quantitative estimate of drug-likeness (QED) is 0.156. The van der Waals surface area contributed by atoms with Crippen molar-refractivity contribution in [3.05, 3.63) is 106 Å². The summed E-state index contributed by atoms with van der Waals surface area (Å²) < 4.78 is 66.9. The zero-order valence-electron chi connectivity index (χ0n) is 27.4. The molecule has 2 aliphatic heterocycles. The predicted octanol–water partition coefficient (Wildman–Crippen LogP) is 10.4. The third-order valence-corrected chi connectivity index (χ3v) is 11.7. The number of carbonyl (C=O) groups is 2. The summed E-state index contributed by atoms with van der Waals surface area (Å²) in [5, 5.41) is -0.915. The number of amides is 2. The van der Waals surface area contributed by atoms with Gasteiger partial charge in [0.1, 0.15) is 10.7 Å². The van der Waals surface area contributed by atoms with Crippen molar-refractivity contribution in [2.45, 2.75) is 43.1 Å². The molecule has 2 aromatic heterocycles. The standard InChI is InChI=1S/C19H21BrN2OS.C17H12BrF5N2OS/c1-13(2)8-10-22-18(23)12-24-19(22)17-11-21-9-7-16(17)14-3-5-15(20)6-4-14;18-11-3-1-10(2-4-11)12-5-6-24-7-13(12)15-25(14(26)8-27-15)9-16(19,20)17(21,22)23/h3-7,9,11,13,19H,8,10,12H2,1-2H3;1-7,15H,8-9H2. The second kappa shape index (κ2) is 16.8. The van der Waals surface area contributed by atoms with Crippen molar-refractivity contribution in [1.29, 1.82) is 0 Å². The Morgan fingerprint density at radius 3 is 1.59 bits per heavy atom. The molecule has 4 aromatic rings. The van der Waals surface area contributed by atoms with Crippen LogP contribution in [0.25, 0.3) is 22.3 Å². The van der Waals surface area contributed by atoms with E-state index in [-0.39, 0.29) is 17.0 Å². The van der Waals surface area contributed by atoms with Crippen LogP contribution in [0.15, 0.2) is 94.4 Å². The molecule has 0 bridgehead atoms. The Morgan fingerprint density at radius 2 is 1.16 bits per heavy atom. The van der Waals surface area contributed by atoms with Crippen molar-refractivity contribution in [2.75, 3.05) is 24.6 Å². The molecule has 6 rings (SSSR count). The van der Waals surface area contributed by atoms with E-state index in [2.05, 4.69) is 67.8 Å². The van der Waals surface area contributed by atoms with Gasteiger partial charge in [0.15, 0.2) is 0 Å². The third kappa shape index (κ3) is 9.51. The number of alkyl halides is 5. The zero-order valence-corrected chi connectivity index (χ0v) is 32.2. The van der Waals surface area contributed by atoms with E-state index >= 15 is 0 Å². The van der Waals surface area contributed by atoms with Gasteiger partial charge < -0.3 is 9.80 Å². The van der Waals surface area contributed by atoms with Crippen LogP contribution in [0, 0.1) is 5.92 Å². The maximum Gasteiger partial charge on any atom is 0.455 e. The molecule has 2 amide bonds. The van der Waals surface area contributed by atoms with E-state index in [1.54, 1.807) is 42.1 Å². The lowest BCUT2D eigenvalue weighted by atomic mass is 10.0. The minimum atomic E-state index is -5.73. The largest absolute Gasteiger partial charge is 0.455 e. The van der Waals surface area contributed by atoms with Crippen LogP contribution in [0.5, 0.6) is 0 Å². The second-order valence-corrected chi connectivity index (χ2v) is 16.2. The lowest BCUT2D eigenvalue weighted by Gasteiger charge is -2.30. The van der Waals surface area contributed by atoms with Crippen LogP contribution < -0.4 is 0 Å². The molecule has 2 saturated heterocycles. The Bertz CT molecular complexity index is 1830. The topological polar surface area (TPSA) is 66.4 Å². The van der Waals surface area contributed by atoms with Gasteiger partial charge in [-0.25, -0.2) is 0 Å². The highest BCUT2D eigenvalue weighted by Crippen LogP contribution is 2.46. The molecule has 4 heterocycles. The molecule has 0 radical (unpaired) electrons. The van der Waals surface area contributed by atoms with Gasteiger partial charge >= 0.3 is 12.1 Å². The van der Waals surface area contributed by atoms with Crippen LogP contribution in [0.2, 0.25) is 0 Å². The van der Waals surface area contributed by atoms with Crippen molar-refractivity contribution < 1.29 is 31.5 Å². The van der Waals surface area contributed by atoms with Gasteiger partial charge in [0.2, 0.25) is 11.8 Å². The summed E-state index contributed by atoms with van der Waals surface area (Å²) in [7, 11) is 0. The van der Waals surface area contributed by atoms with Gasteiger partial charge in [-0.1, -0.05) is 70.0 Å². The number of benzene rings is 2. The molecule has 0 N–H and O–H groups in total. The number of rotatable bonds is 9. The fraction of sp³-hybridized carbons (Fsp3) is 0.333. The van der Waals surface area contributed by atoms with E-state index in [1.165, 1.54) is 12.4 Å². The Labute approximate surface area is 318 Å². The van der Waals surface area contributed by atoms with Crippen LogP contribution in [-0.4, -0.2) is 68.3 Å². The number of carbonyl (C=O) groups excluding carboxylic acids is 2. The molecule has 6 nitrogen and oxygen atoms in total. The highest BCUT2D eigenvalue weighted by Gasteiger charge is 2.59. The van der Waals surface area contributed by atoms with Gasteiger partial charge in [-0.2, -0.15) is 22.0 Å². The molecule has 2 atom stereocenters. The molecule has 2 aliphatic rings. The molecule has 15 heteroatoms. The van der Waals surface area contributed by atoms with E-state index in [9.17, 15) is 31.5 Å². The molecule has 2 unspecified atom stereocenters. The van der Waals surface area contributed by atoms with Crippen LogP contribution in [-0.2, 0) is 9.59 Å². The van der Waals surface area contributed by atoms with E-state index in [4.69, 9.17) is 0 Å². The predicted molar refractivity (Wildman–Crippen MR) is 199 cm³/mol. The first-order valence-electron chi connectivity index (χ1n) is 15.8. The molecule has 2 aromatic carbocycles. The summed E-state index contributed by atoms with van der Waals surface area (Å²) in [5.74, 6) is -4.56. The maximum atomic E-state index is 13.6. The summed E-state index contributed by atoms with van der Waals surface area (Å²) in [6.07, 6.45) is 1.92. The zero-order chi connectivity index (χ0) is 36.9. The Kier molecular flexibility index (Phi) is 12.9. The van der Waals surface area contributed by atoms with Gasteiger partial charge in [-0.05, 0) is 71.0 Å². The lowest BCUT2D eigenvalue weighted by Crippen LogP contribution is -2.48. The number of pyridine rings is 2. The summed E-state index contributed by atoms with van der Waals surface area (Å²) in [6.45, 7) is 3.48. The number of hydrogen-bond acceptors (Lipinski definition) is 6. The Balaban J connectivity index is 0.000000199. The van der Waals surface area contributed by atoms with E-state index < -0.39 is 29.9 Å². The Hall–Kier alpha value is -3.01. The molecule has 2 fully saturated rings. The van der Waals surface area contributed by atoms with E-state index in [0.29, 0.717) is 27.7 Å². The minimum Gasteiger partial charge on any atom is -0.326 e. The molecule has 51 heavy (non-hydrogen) atoms. The summed E-state index contributed by atoms with van der Waals surface area (Å²) in [6, 6.07) is 19.1. The van der Waals surface area contributed by atoms with Crippen molar-refractivity contribution in [2.24, 2.45) is 5.92 Å².